The second-order valence-electron chi connectivity index (χ2n) is 7.53. The molecule has 28 heavy (non-hydrogen) atoms. The van der Waals surface area contributed by atoms with Crippen molar-refractivity contribution in [1.29, 1.82) is 0 Å². The first-order valence-electron chi connectivity index (χ1n) is 9.67. The number of nitrogens with one attached hydrogen (secondary N) is 1. The van der Waals surface area contributed by atoms with Crippen LogP contribution in [0.15, 0.2) is 24.3 Å². The molecule has 0 saturated heterocycles. The number of benzene rings is 1. The molecule has 0 aliphatic heterocycles. The quantitative estimate of drug-likeness (QED) is 0.670. The highest BCUT2D eigenvalue weighted by molar-refractivity contribution is 6.06. The fraction of sp³-hybridized carbons (Fsp3) is 0.500. The summed E-state index contributed by atoms with van der Waals surface area (Å²) in [5.74, 6) is -3.32. The summed E-state index contributed by atoms with van der Waals surface area (Å²) in [4.78, 5) is 35.7. The van der Waals surface area contributed by atoms with Gasteiger partial charge >= 0.3 is 5.97 Å². The summed E-state index contributed by atoms with van der Waals surface area (Å²) in [6.07, 6.45) is 5.99. The van der Waals surface area contributed by atoms with Gasteiger partial charge in [-0.25, -0.2) is 0 Å². The molecular weight excluding hydrogens is 360 g/mol. The number of fused-ring (bicyclic) bond motifs is 1. The van der Waals surface area contributed by atoms with E-state index in [-0.39, 0.29) is 5.69 Å². The van der Waals surface area contributed by atoms with Crippen molar-refractivity contribution in [2.45, 2.75) is 51.6 Å². The van der Waals surface area contributed by atoms with Crippen LogP contribution >= 0.6 is 0 Å². The summed E-state index contributed by atoms with van der Waals surface area (Å²) in [6, 6.07) is 6.10. The Morgan fingerprint density at radius 2 is 1.93 bits per heavy atom. The zero-order valence-corrected chi connectivity index (χ0v) is 15.9. The first-order chi connectivity index (χ1) is 13.4. The van der Waals surface area contributed by atoms with Gasteiger partial charge in [-0.15, -0.1) is 0 Å². The van der Waals surface area contributed by atoms with E-state index in [1.807, 2.05) is 22.9 Å². The molecule has 2 amide bonds. The summed E-state index contributed by atoms with van der Waals surface area (Å²) in [6.45, 7) is 2.07. The van der Waals surface area contributed by atoms with Gasteiger partial charge in [-0.3, -0.25) is 19.1 Å². The number of aliphatic carboxylic acids is 1. The maximum absolute atomic E-state index is 12.8. The van der Waals surface area contributed by atoms with Crippen molar-refractivity contribution in [3.8, 4) is 0 Å². The van der Waals surface area contributed by atoms with Crippen LogP contribution in [0.5, 0.6) is 0 Å². The molecule has 3 rings (SSSR count). The summed E-state index contributed by atoms with van der Waals surface area (Å²) >= 11 is 0. The molecule has 1 heterocycles. The highest BCUT2D eigenvalue weighted by atomic mass is 16.4. The second-order valence-corrected chi connectivity index (χ2v) is 7.53. The molecule has 2 atom stereocenters. The number of para-hydroxylation sites is 1. The minimum Gasteiger partial charge on any atom is -0.481 e. The van der Waals surface area contributed by atoms with Gasteiger partial charge in [0.15, 0.2) is 5.69 Å². The molecule has 1 saturated carbocycles. The number of amides is 2. The maximum atomic E-state index is 12.8. The topological polar surface area (TPSA) is 127 Å². The Hall–Kier alpha value is -2.90. The minimum atomic E-state index is -1.31. The van der Waals surface area contributed by atoms with Crippen LogP contribution in [0.25, 0.3) is 10.9 Å². The molecule has 1 aliphatic rings. The molecule has 8 heteroatoms. The molecule has 0 spiro atoms. The standard InChI is InChI=1S/C20H26N4O4/c1-12(20(27)28)16(18(21)25)22-19(26)17-14-9-5-6-10-15(14)24(23-17)11-13-7-3-2-4-8-13/h5-6,9-10,12-13,16H,2-4,7-8,11H2,1H3,(H2,21,25)(H,22,26)(H,27,28)/t12-,16+/m0/s1. The molecule has 0 radical (unpaired) electrons. The van der Waals surface area contributed by atoms with Gasteiger partial charge < -0.3 is 16.2 Å². The molecular formula is C20H26N4O4. The SMILES string of the molecule is C[C@H](C(=O)O)[C@@H](NC(=O)c1nn(CC2CCCCC2)c2ccccc12)C(N)=O. The third kappa shape index (κ3) is 4.16. The predicted octanol–water partition coefficient (Wildman–Crippen LogP) is 1.92. The van der Waals surface area contributed by atoms with Gasteiger partial charge in [0.1, 0.15) is 6.04 Å². The fourth-order valence-electron chi connectivity index (χ4n) is 3.84. The van der Waals surface area contributed by atoms with Crippen molar-refractivity contribution >= 4 is 28.7 Å². The van der Waals surface area contributed by atoms with Crippen LogP contribution in [-0.2, 0) is 16.1 Å². The predicted molar refractivity (Wildman–Crippen MR) is 104 cm³/mol. The number of hydrogen-bond donors (Lipinski definition) is 3. The molecule has 150 valence electrons. The molecule has 4 N–H and O–H groups in total. The number of hydrogen-bond acceptors (Lipinski definition) is 4. The molecule has 1 fully saturated rings. The minimum absolute atomic E-state index is 0.176. The van der Waals surface area contributed by atoms with E-state index in [0.29, 0.717) is 11.3 Å². The number of primary amides is 1. The normalized spacial score (nSPS) is 17.2. The molecule has 1 aromatic heterocycles. The maximum Gasteiger partial charge on any atom is 0.308 e. The number of carboxylic acid groups (broad SMARTS) is 1. The Kier molecular flexibility index (Phi) is 5.96. The number of rotatable bonds is 7. The Morgan fingerprint density at radius 1 is 1.25 bits per heavy atom. The first kappa shape index (κ1) is 19.9. The smallest absolute Gasteiger partial charge is 0.308 e. The number of aromatic nitrogens is 2. The van der Waals surface area contributed by atoms with Gasteiger partial charge in [0, 0.05) is 11.9 Å². The molecule has 1 aliphatic carbocycles. The van der Waals surface area contributed by atoms with Gasteiger partial charge in [0.25, 0.3) is 5.91 Å². The fourth-order valence-corrected chi connectivity index (χ4v) is 3.84. The van der Waals surface area contributed by atoms with E-state index in [1.165, 1.54) is 26.2 Å². The Labute approximate surface area is 163 Å². The lowest BCUT2D eigenvalue weighted by Crippen LogP contribution is -2.50. The highest BCUT2D eigenvalue weighted by Gasteiger charge is 2.31. The number of nitrogens with zero attached hydrogens (tertiary/aromatic N) is 2. The number of carbonyl (C=O) groups is 3. The summed E-state index contributed by atoms with van der Waals surface area (Å²) in [5.41, 5.74) is 6.32. The van der Waals surface area contributed by atoms with E-state index >= 15 is 0 Å². The number of carboxylic acids is 1. The van der Waals surface area contributed by atoms with E-state index in [1.54, 1.807) is 6.07 Å². The van der Waals surface area contributed by atoms with Gasteiger partial charge in [-0.05, 0) is 31.7 Å². The summed E-state index contributed by atoms with van der Waals surface area (Å²) in [7, 11) is 0. The van der Waals surface area contributed by atoms with Crippen LogP contribution in [0.3, 0.4) is 0 Å². The largest absolute Gasteiger partial charge is 0.481 e. The van der Waals surface area contributed by atoms with Crippen molar-refractivity contribution in [2.75, 3.05) is 0 Å². The average Bonchev–Trinajstić information content (AvgIpc) is 3.04. The Balaban J connectivity index is 1.88. The van der Waals surface area contributed by atoms with Crippen molar-refractivity contribution in [1.82, 2.24) is 15.1 Å². The summed E-state index contributed by atoms with van der Waals surface area (Å²) < 4.78 is 1.85. The van der Waals surface area contributed by atoms with Crippen LogP contribution in [0.1, 0.15) is 49.5 Å². The van der Waals surface area contributed by atoms with Gasteiger partial charge in [0.05, 0.1) is 11.4 Å². The Bertz CT molecular complexity index is 885. The van der Waals surface area contributed by atoms with Crippen LogP contribution < -0.4 is 11.1 Å². The van der Waals surface area contributed by atoms with Crippen LogP contribution in [0, 0.1) is 11.8 Å². The van der Waals surface area contributed by atoms with E-state index < -0.39 is 29.7 Å². The van der Waals surface area contributed by atoms with Crippen LogP contribution in [0.4, 0.5) is 0 Å². The van der Waals surface area contributed by atoms with Crippen molar-refractivity contribution < 1.29 is 19.5 Å². The second kappa shape index (κ2) is 8.41. The number of carbonyl (C=O) groups excluding carboxylic acids is 2. The zero-order valence-electron chi connectivity index (χ0n) is 15.9. The van der Waals surface area contributed by atoms with Crippen LogP contribution in [-0.4, -0.2) is 38.7 Å². The average molecular weight is 386 g/mol. The first-order valence-corrected chi connectivity index (χ1v) is 9.67. The van der Waals surface area contributed by atoms with E-state index in [4.69, 9.17) is 10.8 Å². The van der Waals surface area contributed by atoms with E-state index in [9.17, 15) is 14.4 Å². The summed E-state index contributed by atoms with van der Waals surface area (Å²) in [5, 5.41) is 16.8. The third-order valence-electron chi connectivity index (χ3n) is 5.51. The lowest BCUT2D eigenvalue weighted by Gasteiger charge is -2.21. The van der Waals surface area contributed by atoms with Gasteiger partial charge in [0.2, 0.25) is 5.91 Å². The Morgan fingerprint density at radius 3 is 2.57 bits per heavy atom. The molecule has 1 aromatic carbocycles. The number of nitrogens with two attached hydrogens (primary N) is 1. The van der Waals surface area contributed by atoms with Crippen LogP contribution in [0.2, 0.25) is 0 Å². The lowest BCUT2D eigenvalue weighted by atomic mass is 9.89. The molecule has 0 unspecified atom stereocenters. The molecule has 2 aromatic rings. The monoisotopic (exact) mass is 386 g/mol. The van der Waals surface area contributed by atoms with Gasteiger partial charge in [-0.1, -0.05) is 37.5 Å². The highest BCUT2D eigenvalue weighted by Crippen LogP contribution is 2.27. The lowest BCUT2D eigenvalue weighted by molar-refractivity contribution is -0.144. The van der Waals surface area contributed by atoms with E-state index in [0.717, 1.165) is 24.9 Å². The van der Waals surface area contributed by atoms with Crippen molar-refractivity contribution in [3.05, 3.63) is 30.0 Å². The van der Waals surface area contributed by atoms with E-state index in [2.05, 4.69) is 10.4 Å². The zero-order chi connectivity index (χ0) is 20.3. The van der Waals surface area contributed by atoms with Crippen molar-refractivity contribution in [3.63, 3.8) is 0 Å². The van der Waals surface area contributed by atoms with Crippen molar-refractivity contribution in [2.24, 2.45) is 17.6 Å². The third-order valence-corrected chi connectivity index (χ3v) is 5.51. The van der Waals surface area contributed by atoms with Gasteiger partial charge in [-0.2, -0.15) is 5.10 Å². The molecule has 8 nitrogen and oxygen atoms in total. The molecule has 0 bridgehead atoms.